The van der Waals surface area contributed by atoms with Crippen molar-refractivity contribution in [2.45, 2.75) is 197 Å². The van der Waals surface area contributed by atoms with Gasteiger partial charge in [-0.1, -0.05) is 229 Å². The van der Waals surface area contributed by atoms with E-state index in [1.54, 1.807) is 48.5 Å². The minimum atomic E-state index is -5.11. The molecule has 18 nitrogen and oxygen atoms in total. The third-order valence-electron chi connectivity index (χ3n) is 23.4. The topological polar surface area (TPSA) is 175 Å². The maximum absolute atomic E-state index is 14.7. The van der Waals surface area contributed by atoms with E-state index in [4.69, 9.17) is 32.9 Å². The van der Waals surface area contributed by atoms with Crippen LogP contribution in [-0.4, -0.2) is 154 Å². The number of carbonyl (C=O) groups is 3. The smallest absolute Gasteiger partial charge is 0.336 e. The second kappa shape index (κ2) is 50.1. The van der Waals surface area contributed by atoms with E-state index in [2.05, 4.69) is 19.9 Å². The minimum Gasteiger partial charge on any atom is -0.336 e. The number of alkyl halides is 9. The summed E-state index contributed by atoms with van der Waals surface area (Å²) in [5.41, 5.74) is -7.06. The Morgan fingerprint density at radius 2 is 0.692 bits per heavy atom. The van der Waals surface area contributed by atoms with Crippen molar-refractivity contribution in [1.82, 2.24) is 58.1 Å². The van der Waals surface area contributed by atoms with Crippen LogP contribution >= 0.6 is 35.3 Å². The highest BCUT2D eigenvalue weighted by atomic mass is 32.2. The van der Waals surface area contributed by atoms with Gasteiger partial charge in [-0.2, -0.15) is 54.5 Å². The molecule has 0 bridgehead atoms. The van der Waals surface area contributed by atoms with Crippen molar-refractivity contribution < 1.29 is 108 Å². The molecule has 143 heavy (non-hydrogen) atoms. The fraction of sp³-hybridized carbons (Fsp3) is 0.373. The summed E-state index contributed by atoms with van der Waals surface area (Å²) < 4.78 is 423. The SMILES string of the molecule is [2H]c1c([2H])c(CSc2nc(=O)c3c(n2C([2H])([2H])C(=O)N(CCN(CC)CC)Cc2c([2H])c([2H])c(-c4c([2H])c([2H])c(C(F)(F)F)c(C)c4[2H])c([2H])c2[2H])CCC3)c([2H])c([2H])c1F.[2H]c1c([2H])c(CSc2nc(=O)c3c(n2C([2H])([2H])C(=O)N(CCN(CC)CC)Cc2ccc(-c4ccc(C(F)(F)F)cc4)cc2)C([2H])([2H])C([2H])(C)C3([2H])[2H])c([2H])c([2H])c1F.[2H]c1c([2H])c(CSc2nc(=O)c3c(n2C([2H])([2H])C(=O)N(CCN(CC)CC)Cc2ccc(-c4ccc(C(F)(F)F)cc4)cc2)CCC3)c([2H])c([2H])c1F. The van der Waals surface area contributed by atoms with Crippen molar-refractivity contribution in [3.63, 3.8) is 0 Å². The van der Waals surface area contributed by atoms with E-state index in [0.29, 0.717) is 132 Å². The first kappa shape index (κ1) is 74.1. The third-order valence-corrected chi connectivity index (χ3v) is 26.3. The normalized spacial score (nSPS) is 17.9. The highest BCUT2D eigenvalue weighted by Gasteiger charge is 2.36. The van der Waals surface area contributed by atoms with Gasteiger partial charge in [0.2, 0.25) is 17.7 Å². The number of nitrogens with zero attached hydrogens (tertiary/aromatic N) is 12. The van der Waals surface area contributed by atoms with Gasteiger partial charge >= 0.3 is 18.5 Å². The monoisotopic (exact) mass is 2060 g/mol. The quantitative estimate of drug-likeness (QED) is 0.0202. The van der Waals surface area contributed by atoms with Crippen LogP contribution < -0.4 is 16.7 Å². The molecule has 1 unspecified atom stereocenters. The molecule has 0 saturated carbocycles. The lowest BCUT2D eigenvalue weighted by Crippen LogP contribution is -2.40. The summed E-state index contributed by atoms with van der Waals surface area (Å²) in [4.78, 5) is 105. The van der Waals surface area contributed by atoms with Crippen molar-refractivity contribution in [2.24, 2.45) is 5.89 Å². The Balaban J connectivity index is 0.000000212. The highest BCUT2D eigenvalue weighted by molar-refractivity contribution is 7.98. The lowest BCUT2D eigenvalue weighted by molar-refractivity contribution is -0.138. The molecule has 3 aliphatic rings. The number of likely N-dealkylation sites (N-methyl/N-ethyl adjacent to an activating group) is 3. The second-order valence-corrected chi connectivity index (χ2v) is 35.6. The number of thioether (sulfide) groups is 3. The van der Waals surface area contributed by atoms with Gasteiger partial charge in [-0.05, 0) is 242 Å². The molecule has 3 aliphatic carbocycles. The molecule has 9 aromatic carbocycles. The van der Waals surface area contributed by atoms with Gasteiger partial charge in [0, 0.05) is 117 Å². The average Bonchev–Trinajstić information content (AvgIpc) is 1.51. The Labute approximate surface area is 880 Å². The Hall–Kier alpha value is -11.9. The summed E-state index contributed by atoms with van der Waals surface area (Å²) >= 11 is 1.79. The molecule has 0 saturated heterocycles. The van der Waals surface area contributed by atoms with Crippen LogP contribution in [0.1, 0.15) is 192 Å². The van der Waals surface area contributed by atoms with Crippen molar-refractivity contribution in [2.75, 3.05) is 78.5 Å². The first-order valence-corrected chi connectivity index (χ1v) is 48.5. The molecular formula is C110H118F12N12O6S3. The molecule has 3 amide bonds. The van der Waals surface area contributed by atoms with Gasteiger partial charge in [0.15, 0.2) is 15.5 Å². The molecule has 3 heterocycles. The van der Waals surface area contributed by atoms with Gasteiger partial charge < -0.3 is 43.1 Å². The molecule has 0 aliphatic heterocycles. The van der Waals surface area contributed by atoms with Crippen LogP contribution in [0.3, 0.4) is 0 Å². The lowest BCUT2D eigenvalue weighted by Gasteiger charge is -2.28. The van der Waals surface area contributed by atoms with Gasteiger partial charge in [-0.25, -0.2) is 13.2 Å². The summed E-state index contributed by atoms with van der Waals surface area (Å²) in [5.74, 6) is -11.7. The molecule has 1 atom stereocenters. The number of fused-ring (bicyclic) bond motifs is 3. The minimum absolute atomic E-state index is 0.0102. The second-order valence-electron chi connectivity index (χ2n) is 32.7. The summed E-state index contributed by atoms with van der Waals surface area (Å²) in [7, 11) is 0. The number of rotatable bonds is 39. The van der Waals surface area contributed by atoms with Gasteiger partial charge in [-0.3, -0.25) is 28.8 Å². The predicted molar refractivity (Wildman–Crippen MR) is 539 cm³/mol. The molecule has 12 aromatic rings. The summed E-state index contributed by atoms with van der Waals surface area (Å²) in [5, 5.41) is -1.28. The number of hydrogen-bond donors (Lipinski definition) is 0. The number of amides is 3. The first-order chi connectivity index (χ1) is 80.6. The van der Waals surface area contributed by atoms with Gasteiger partial charge in [-0.15, -0.1) is 0 Å². The third kappa shape index (κ3) is 29.5. The van der Waals surface area contributed by atoms with E-state index in [9.17, 15) is 89.7 Å². The Morgan fingerprint density at radius 1 is 0.385 bits per heavy atom. The molecule has 756 valence electrons. The van der Waals surface area contributed by atoms with Crippen LogP contribution in [0.15, 0.2) is 242 Å². The van der Waals surface area contributed by atoms with E-state index >= 15 is 0 Å². The van der Waals surface area contributed by atoms with Crippen molar-refractivity contribution in [1.29, 1.82) is 0 Å². The Bertz CT molecular complexity index is 8220. The van der Waals surface area contributed by atoms with E-state index in [0.717, 1.165) is 68.8 Å². The zero-order chi connectivity index (χ0) is 129. The summed E-state index contributed by atoms with van der Waals surface area (Å²) in [6, 6.07) is 5.97. The molecule has 0 fully saturated rings. The largest absolute Gasteiger partial charge is 0.416 e. The van der Waals surface area contributed by atoms with Gasteiger partial charge in [0.25, 0.3) is 16.7 Å². The molecule has 0 N–H and O–H groups in total. The molecule has 0 spiro atoms. The summed E-state index contributed by atoms with van der Waals surface area (Å²) in [6.07, 6.45) is -18.4. The van der Waals surface area contributed by atoms with Crippen LogP contribution in [0, 0.1) is 30.3 Å². The fourth-order valence-electron chi connectivity index (χ4n) is 15.5. The lowest BCUT2D eigenvalue weighted by atomic mass is 9.98. The molecular weight excluding hydrogens is 1910 g/mol. The van der Waals surface area contributed by atoms with E-state index in [1.165, 1.54) is 29.2 Å². The average molecular weight is 2060 g/mol. The van der Waals surface area contributed by atoms with Gasteiger partial charge in [0.05, 0.1) is 51.0 Å². The molecule has 15 rings (SSSR count). The van der Waals surface area contributed by atoms with Crippen molar-refractivity contribution in [3.8, 4) is 33.4 Å². The molecule has 33 heteroatoms. The Kier molecular flexibility index (Phi) is 25.9. The van der Waals surface area contributed by atoms with E-state index in [1.807, 2.05) is 51.3 Å². The van der Waals surface area contributed by atoms with Gasteiger partial charge in [0.1, 0.15) is 36.9 Å². The standard InChI is InChI=1S/2C37H40F4N4O2S.C36H38F4N4O2S/c1-4-43(5-2)18-19-44(22-26-6-10-28(11-7-26)29-12-14-30(15-13-29)37(39,40)41)34(46)23-45-33-21-25(3)20-32(33)35(47)42-36(45)48-24-27-8-16-31(38)17-9-27;1-4-43(5-2)19-20-44(22-26-9-13-28(14-10-26)29-15-18-32(25(3)21-29)37(39,40)41)34(46)23-45-33-8-6-7-31(33)35(47)42-36(45)48-24-27-11-16-30(38)17-12-27;1-3-42(4-2)20-21-43(22-25-8-12-27(13-9-25)28-14-16-29(17-15-28)36(38,39)40)33(45)23-44-32-7-5-6-31(32)34(46)41-35(44)47-24-26-10-18-30(37)19-11-26/h6-17,25H,4-5,18-24H2,1-3H3;9-18,21H,4-8,19-20,22-24H2,1-3H3;8-19H,3-7,20-24H2,1-2H3/i8D,9D,16D,17D,20D2,21D2,23D2,25D;9D,10D,11D,12D,13D,14D,15D,16D,17D,18D,21D,23D2;10D,11D,18D,19D,23D2. The Morgan fingerprint density at radius 3 is 1.02 bits per heavy atom. The van der Waals surface area contributed by atoms with Crippen LogP contribution in [0.4, 0.5) is 52.7 Å². The number of carbonyl (C=O) groups excluding carboxylic acids is 3. The number of halogens is 12. The first-order valence-electron chi connectivity index (χ1n) is 60.6. The maximum atomic E-state index is 14.7. The zero-order valence-corrected chi connectivity index (χ0v) is 81.2. The van der Waals surface area contributed by atoms with Crippen LogP contribution in [0.2, 0.25) is 0 Å². The molecule has 0 radical (unpaired) electrons. The van der Waals surface area contributed by atoms with Crippen molar-refractivity contribution in [3.05, 3.63) is 350 Å². The zero-order valence-electron chi connectivity index (χ0n) is 109. The number of aromatic nitrogens is 6. The fourth-order valence-corrected chi connectivity index (χ4v) is 18.0. The predicted octanol–water partition coefficient (Wildman–Crippen LogP) is 22.2. The van der Waals surface area contributed by atoms with Crippen LogP contribution in [0.25, 0.3) is 33.4 Å². The number of benzene rings is 9. The highest BCUT2D eigenvalue weighted by Crippen LogP contribution is 2.39. The number of hydrogen-bond acceptors (Lipinski definition) is 15. The van der Waals surface area contributed by atoms with Crippen LogP contribution in [-0.2, 0) is 128 Å². The maximum Gasteiger partial charge on any atom is 0.416 e. The summed E-state index contributed by atoms with van der Waals surface area (Å²) in [6.45, 7) is 6.94. The molecule has 3 aromatic heterocycles. The van der Waals surface area contributed by atoms with E-state index in [-0.39, 0.29) is 115 Å². The van der Waals surface area contributed by atoms with E-state index < -0.39 is 297 Å². The van der Waals surface area contributed by atoms with Crippen LogP contribution in [0.5, 0.6) is 0 Å². The van der Waals surface area contributed by atoms with Crippen molar-refractivity contribution >= 4 is 53.0 Å².